The lowest BCUT2D eigenvalue weighted by Gasteiger charge is -1.95. The highest BCUT2D eigenvalue weighted by molar-refractivity contribution is 5.20. The third-order valence-corrected chi connectivity index (χ3v) is 1.41. The van der Waals surface area contributed by atoms with E-state index in [1.165, 1.54) is 23.4 Å². The average Bonchev–Trinajstić information content (AvgIpc) is 2.52. The molecule has 13 heavy (non-hydrogen) atoms. The molecule has 3 N–H and O–H groups in total. The Morgan fingerprint density at radius 1 is 1.46 bits per heavy atom. The number of aromatic nitrogens is 5. The molecule has 0 aliphatic heterocycles. The van der Waals surface area contributed by atoms with Crippen molar-refractivity contribution in [1.82, 2.24) is 24.7 Å². The van der Waals surface area contributed by atoms with Gasteiger partial charge in [-0.1, -0.05) is 0 Å². The molecule has 2 heterocycles. The highest BCUT2D eigenvalue weighted by Gasteiger charge is 2.00. The summed E-state index contributed by atoms with van der Waals surface area (Å²) >= 11 is 0. The van der Waals surface area contributed by atoms with Crippen molar-refractivity contribution in [3.63, 3.8) is 0 Å². The van der Waals surface area contributed by atoms with Gasteiger partial charge in [-0.2, -0.15) is 0 Å². The van der Waals surface area contributed by atoms with Crippen molar-refractivity contribution in [1.29, 1.82) is 0 Å². The molecule has 7 heteroatoms. The van der Waals surface area contributed by atoms with Gasteiger partial charge >= 0.3 is 0 Å². The molecule has 0 aromatic carbocycles. The Hall–Kier alpha value is -2.18. The van der Waals surface area contributed by atoms with Gasteiger partial charge in [0.15, 0.2) is 5.82 Å². The Labute approximate surface area is 72.3 Å². The molecular formula is C6H6N6O. The molecule has 2 rings (SSSR count). The molecule has 2 aromatic rings. The molecule has 66 valence electrons. The Bertz CT molecular complexity index is 472. The van der Waals surface area contributed by atoms with Crippen molar-refractivity contribution in [2.45, 2.75) is 0 Å². The van der Waals surface area contributed by atoms with Crippen LogP contribution in [0.15, 0.2) is 23.5 Å². The molecule has 0 saturated heterocycles. The monoisotopic (exact) mass is 178 g/mol. The zero-order valence-corrected chi connectivity index (χ0v) is 6.51. The number of nitrogen functional groups attached to an aromatic ring is 1. The number of hydrogen-bond acceptors (Lipinski definition) is 5. The summed E-state index contributed by atoms with van der Waals surface area (Å²) < 4.78 is 1.32. The van der Waals surface area contributed by atoms with E-state index in [4.69, 9.17) is 5.73 Å². The highest BCUT2D eigenvalue weighted by Crippen LogP contribution is 1.97. The number of aromatic amines is 1. The van der Waals surface area contributed by atoms with Crippen LogP contribution in [0.3, 0.4) is 0 Å². The molecule has 0 aliphatic carbocycles. The van der Waals surface area contributed by atoms with Crippen LogP contribution in [0, 0.1) is 0 Å². The number of nitrogens with two attached hydrogens (primary N) is 1. The first-order chi connectivity index (χ1) is 6.25. The normalized spacial score (nSPS) is 10.2. The maximum absolute atomic E-state index is 10.9. The Morgan fingerprint density at radius 3 is 2.92 bits per heavy atom. The van der Waals surface area contributed by atoms with E-state index in [0.717, 1.165) is 0 Å². The predicted octanol–water partition coefficient (Wildman–Crippen LogP) is -1.07. The summed E-state index contributed by atoms with van der Waals surface area (Å²) in [6.07, 6.45) is 2.67. The quantitative estimate of drug-likeness (QED) is 0.579. The number of hydrogen-bond donors (Lipinski definition) is 2. The first-order valence-electron chi connectivity index (χ1n) is 3.48. The van der Waals surface area contributed by atoms with Gasteiger partial charge in [0.05, 0.1) is 6.33 Å². The zero-order chi connectivity index (χ0) is 9.26. The molecular weight excluding hydrogens is 172 g/mol. The maximum Gasteiger partial charge on any atom is 0.252 e. The Balaban J connectivity index is 2.52. The fourth-order valence-electron chi connectivity index (χ4n) is 0.870. The van der Waals surface area contributed by atoms with Crippen molar-refractivity contribution in [2.24, 2.45) is 0 Å². The smallest absolute Gasteiger partial charge is 0.252 e. The molecule has 0 spiro atoms. The largest absolute Gasteiger partial charge is 0.366 e. The van der Waals surface area contributed by atoms with Crippen molar-refractivity contribution in [2.75, 3.05) is 5.73 Å². The number of nitrogens with one attached hydrogen (secondary N) is 1. The Morgan fingerprint density at radius 2 is 2.31 bits per heavy atom. The summed E-state index contributed by atoms with van der Waals surface area (Å²) in [4.78, 5) is 20.8. The van der Waals surface area contributed by atoms with Crippen LogP contribution < -0.4 is 11.3 Å². The van der Waals surface area contributed by atoms with Crippen molar-refractivity contribution in [3.05, 3.63) is 29.1 Å². The summed E-state index contributed by atoms with van der Waals surface area (Å²) in [7, 11) is 0. The minimum atomic E-state index is -0.251. The summed E-state index contributed by atoms with van der Waals surface area (Å²) in [6.45, 7) is 0. The molecule has 0 unspecified atom stereocenters. The van der Waals surface area contributed by atoms with E-state index >= 15 is 0 Å². The predicted molar refractivity (Wildman–Crippen MR) is 44.2 cm³/mol. The number of nitrogens with zero attached hydrogens (tertiary/aromatic N) is 4. The van der Waals surface area contributed by atoms with E-state index in [-0.39, 0.29) is 11.5 Å². The molecule has 0 atom stereocenters. The zero-order valence-electron chi connectivity index (χ0n) is 6.51. The van der Waals surface area contributed by atoms with E-state index in [1.807, 2.05) is 0 Å². The lowest BCUT2D eigenvalue weighted by molar-refractivity contribution is 0.837. The van der Waals surface area contributed by atoms with Gasteiger partial charge in [0.25, 0.3) is 5.56 Å². The first-order valence-corrected chi connectivity index (χ1v) is 3.48. The van der Waals surface area contributed by atoms with Gasteiger partial charge in [-0.05, 0) is 0 Å². The standard InChI is InChI=1S/C6H6N6O/c7-6-10-3-12(11-6)4-1-5(13)9-2-8-4/h1-3H,(H2,7,11)(H,8,9,13). The second-order valence-corrected chi connectivity index (χ2v) is 2.32. The third-order valence-electron chi connectivity index (χ3n) is 1.41. The first kappa shape index (κ1) is 7.47. The van der Waals surface area contributed by atoms with Crippen LogP contribution in [0.5, 0.6) is 0 Å². The summed E-state index contributed by atoms with van der Waals surface area (Å²) in [5.41, 5.74) is 5.05. The van der Waals surface area contributed by atoms with Gasteiger partial charge in [-0.15, -0.1) is 5.10 Å². The van der Waals surface area contributed by atoms with Crippen LogP contribution in [0.25, 0.3) is 5.82 Å². The van der Waals surface area contributed by atoms with Crippen molar-refractivity contribution >= 4 is 5.95 Å². The summed E-state index contributed by atoms with van der Waals surface area (Å²) in [5.74, 6) is 0.523. The lowest BCUT2D eigenvalue weighted by atomic mass is 10.6. The topological polar surface area (TPSA) is 102 Å². The van der Waals surface area contributed by atoms with Crippen LogP contribution >= 0.6 is 0 Å². The van der Waals surface area contributed by atoms with E-state index in [1.54, 1.807) is 0 Å². The van der Waals surface area contributed by atoms with Crippen LogP contribution in [-0.4, -0.2) is 24.7 Å². The minimum absolute atomic E-state index is 0.141. The van der Waals surface area contributed by atoms with Crippen LogP contribution in [-0.2, 0) is 0 Å². The maximum atomic E-state index is 10.9. The molecule has 0 fully saturated rings. The van der Waals surface area contributed by atoms with Gasteiger partial charge in [0, 0.05) is 6.07 Å². The third kappa shape index (κ3) is 1.39. The molecule has 2 aromatic heterocycles. The summed E-state index contributed by atoms with van der Waals surface area (Å²) in [6, 6.07) is 1.30. The van der Waals surface area contributed by atoms with Crippen molar-refractivity contribution < 1.29 is 0 Å². The van der Waals surface area contributed by atoms with Gasteiger partial charge < -0.3 is 10.7 Å². The van der Waals surface area contributed by atoms with Gasteiger partial charge in [-0.3, -0.25) is 4.79 Å². The fourth-order valence-corrected chi connectivity index (χ4v) is 0.870. The molecule has 7 nitrogen and oxygen atoms in total. The molecule has 0 saturated carbocycles. The Kier molecular flexibility index (Phi) is 1.55. The van der Waals surface area contributed by atoms with Gasteiger partial charge in [0.1, 0.15) is 6.33 Å². The summed E-state index contributed by atoms with van der Waals surface area (Å²) in [5, 5.41) is 3.79. The number of anilines is 1. The SMILES string of the molecule is Nc1ncn(-c2cc(=O)[nH]cn2)n1. The average molecular weight is 178 g/mol. The van der Waals surface area contributed by atoms with Gasteiger partial charge in [-0.25, -0.2) is 14.6 Å². The fraction of sp³-hybridized carbons (Fsp3) is 0. The molecule has 0 radical (unpaired) electrons. The second-order valence-electron chi connectivity index (χ2n) is 2.32. The highest BCUT2D eigenvalue weighted by atomic mass is 16.1. The van der Waals surface area contributed by atoms with Crippen molar-refractivity contribution in [3.8, 4) is 5.82 Å². The number of rotatable bonds is 1. The second kappa shape index (κ2) is 2.70. The van der Waals surface area contributed by atoms with E-state index < -0.39 is 0 Å². The van der Waals surface area contributed by atoms with E-state index in [0.29, 0.717) is 5.82 Å². The lowest BCUT2D eigenvalue weighted by Crippen LogP contribution is -2.09. The molecule has 0 bridgehead atoms. The molecule has 0 aliphatic rings. The van der Waals surface area contributed by atoms with E-state index in [2.05, 4.69) is 20.1 Å². The van der Waals surface area contributed by atoms with E-state index in [9.17, 15) is 4.79 Å². The molecule has 0 amide bonds. The number of H-pyrrole nitrogens is 1. The van der Waals surface area contributed by atoms with Gasteiger partial charge in [0.2, 0.25) is 5.95 Å². The van der Waals surface area contributed by atoms with Crippen LogP contribution in [0.1, 0.15) is 0 Å². The minimum Gasteiger partial charge on any atom is -0.366 e. The van der Waals surface area contributed by atoms with Crippen LogP contribution in [0.2, 0.25) is 0 Å². The van der Waals surface area contributed by atoms with Crippen LogP contribution in [0.4, 0.5) is 5.95 Å².